The molecule has 0 N–H and O–H groups in total. The van der Waals surface area contributed by atoms with E-state index in [2.05, 4.69) is 24.5 Å². The minimum atomic E-state index is -0.757. The van der Waals surface area contributed by atoms with Crippen molar-refractivity contribution in [3.05, 3.63) is 29.6 Å². The van der Waals surface area contributed by atoms with E-state index in [4.69, 9.17) is 16.6 Å². The van der Waals surface area contributed by atoms with Crippen LogP contribution >= 0.6 is 11.6 Å². The zero-order chi connectivity index (χ0) is 14.7. The van der Waals surface area contributed by atoms with E-state index >= 15 is 0 Å². The lowest BCUT2D eigenvalue weighted by Gasteiger charge is -2.18. The van der Waals surface area contributed by atoms with Gasteiger partial charge in [-0.05, 0) is 31.9 Å². The molecule has 1 aromatic heterocycles. The van der Waals surface area contributed by atoms with Crippen molar-refractivity contribution in [2.24, 2.45) is 0 Å². The predicted molar refractivity (Wildman–Crippen MR) is 87.2 cm³/mol. The summed E-state index contributed by atoms with van der Waals surface area (Å²) in [6.07, 6.45) is 3.40. The largest absolute Gasteiger partial charge is 0.325 e. The van der Waals surface area contributed by atoms with E-state index in [0.717, 1.165) is 24.2 Å². The number of hydrogen-bond acceptors (Lipinski definition) is 2. The van der Waals surface area contributed by atoms with Gasteiger partial charge in [-0.25, -0.2) is 4.98 Å². The minimum absolute atomic E-state index is 0.281. The molecular formula is C15H21ClN2OS. The number of alkyl halides is 1. The molecule has 0 saturated carbocycles. The van der Waals surface area contributed by atoms with Crippen LogP contribution in [0.3, 0.4) is 0 Å². The summed E-state index contributed by atoms with van der Waals surface area (Å²) in [5, 5.41) is 0. The number of halogens is 1. The van der Waals surface area contributed by atoms with Gasteiger partial charge in [-0.15, -0.1) is 11.6 Å². The highest BCUT2D eigenvalue weighted by molar-refractivity contribution is 7.84. The van der Waals surface area contributed by atoms with Crippen LogP contribution in [0.15, 0.2) is 18.2 Å². The van der Waals surface area contributed by atoms with Gasteiger partial charge in [-0.2, -0.15) is 0 Å². The third-order valence-electron chi connectivity index (χ3n) is 3.57. The molecule has 3 nitrogen and oxygen atoms in total. The van der Waals surface area contributed by atoms with Crippen LogP contribution in [0, 0.1) is 6.92 Å². The fourth-order valence-electron chi connectivity index (χ4n) is 2.57. The molecular weight excluding hydrogens is 292 g/mol. The molecule has 0 spiro atoms. The normalized spacial score (nSPS) is 14.6. The first-order valence-electron chi connectivity index (χ1n) is 6.87. The van der Waals surface area contributed by atoms with E-state index in [1.807, 2.05) is 12.1 Å². The van der Waals surface area contributed by atoms with Crippen LogP contribution in [-0.2, 0) is 17.2 Å². The van der Waals surface area contributed by atoms with E-state index in [1.165, 1.54) is 11.1 Å². The zero-order valence-electron chi connectivity index (χ0n) is 12.2. The molecule has 2 atom stereocenters. The van der Waals surface area contributed by atoms with Gasteiger partial charge in [-0.1, -0.05) is 12.1 Å². The van der Waals surface area contributed by atoms with Gasteiger partial charge in [-0.3, -0.25) is 4.21 Å². The number of aryl methyl sites for hydroxylation is 2. The molecule has 2 rings (SSSR count). The van der Waals surface area contributed by atoms with Crippen molar-refractivity contribution < 1.29 is 4.21 Å². The van der Waals surface area contributed by atoms with Crippen LogP contribution in [0.4, 0.5) is 0 Å². The Hall–Kier alpha value is -0.870. The number of fused-ring (bicyclic) bond motifs is 1. The summed E-state index contributed by atoms with van der Waals surface area (Å²) in [5.74, 6) is 2.31. The van der Waals surface area contributed by atoms with Gasteiger partial charge < -0.3 is 4.57 Å². The fraction of sp³-hybridized carbons (Fsp3) is 0.533. The van der Waals surface area contributed by atoms with Gasteiger partial charge >= 0.3 is 0 Å². The number of imidazole rings is 1. The van der Waals surface area contributed by atoms with Crippen LogP contribution in [0.25, 0.3) is 11.0 Å². The number of para-hydroxylation sites is 1. The molecule has 0 saturated heterocycles. The van der Waals surface area contributed by atoms with Crippen molar-refractivity contribution in [3.8, 4) is 0 Å². The Bertz CT molecular complexity index is 624. The smallest absolute Gasteiger partial charge is 0.111 e. The first-order valence-corrected chi connectivity index (χ1v) is 9.13. The standard InChI is InChI=1S/C15H21ClN2OS/c1-11-5-4-6-13-15(11)18(14(17-13)7-9-16)12(2)8-10-20(3)19/h4-6,12H,7-10H2,1-3H3. The molecule has 0 amide bonds. The molecule has 2 aromatic rings. The maximum atomic E-state index is 11.3. The van der Waals surface area contributed by atoms with E-state index < -0.39 is 10.8 Å². The second kappa shape index (κ2) is 6.72. The van der Waals surface area contributed by atoms with E-state index in [1.54, 1.807) is 6.26 Å². The first-order chi connectivity index (χ1) is 9.54. The summed E-state index contributed by atoms with van der Waals surface area (Å²) in [7, 11) is -0.757. The molecule has 20 heavy (non-hydrogen) atoms. The predicted octanol–water partition coefficient (Wildman–Crippen LogP) is 3.46. The van der Waals surface area contributed by atoms with Crippen molar-refractivity contribution in [2.75, 3.05) is 17.9 Å². The Labute approximate surface area is 127 Å². The number of rotatable bonds is 6. The number of benzene rings is 1. The second-order valence-corrected chi connectivity index (χ2v) is 7.13. The van der Waals surface area contributed by atoms with Gasteiger partial charge in [0, 0.05) is 41.2 Å². The Morgan fingerprint density at radius 1 is 1.45 bits per heavy atom. The van der Waals surface area contributed by atoms with Crippen molar-refractivity contribution in [2.45, 2.75) is 32.7 Å². The molecule has 0 aliphatic rings. The van der Waals surface area contributed by atoms with Crippen LogP contribution in [0.2, 0.25) is 0 Å². The van der Waals surface area contributed by atoms with E-state index in [-0.39, 0.29) is 6.04 Å². The van der Waals surface area contributed by atoms with Crippen LogP contribution in [-0.4, -0.2) is 31.6 Å². The van der Waals surface area contributed by atoms with Gasteiger partial charge in [0.1, 0.15) is 5.82 Å². The van der Waals surface area contributed by atoms with Gasteiger partial charge in [0.05, 0.1) is 11.0 Å². The zero-order valence-corrected chi connectivity index (χ0v) is 13.8. The van der Waals surface area contributed by atoms with Crippen LogP contribution < -0.4 is 0 Å². The Kier molecular flexibility index (Phi) is 5.22. The summed E-state index contributed by atoms with van der Waals surface area (Å²) >= 11 is 5.91. The Morgan fingerprint density at radius 3 is 2.85 bits per heavy atom. The molecule has 1 aromatic carbocycles. The lowest BCUT2D eigenvalue weighted by Crippen LogP contribution is -2.13. The van der Waals surface area contributed by atoms with Crippen molar-refractivity contribution in [1.82, 2.24) is 9.55 Å². The molecule has 0 bridgehead atoms. The summed E-state index contributed by atoms with van der Waals surface area (Å²) in [5.41, 5.74) is 3.43. The van der Waals surface area contributed by atoms with Crippen LogP contribution in [0.5, 0.6) is 0 Å². The SMILES string of the molecule is Cc1cccc2nc(CCCl)n(C(C)CCS(C)=O)c12. The average molecular weight is 313 g/mol. The highest BCUT2D eigenvalue weighted by atomic mass is 35.5. The van der Waals surface area contributed by atoms with Crippen molar-refractivity contribution in [1.29, 1.82) is 0 Å². The molecule has 2 unspecified atom stereocenters. The summed E-state index contributed by atoms with van der Waals surface area (Å²) < 4.78 is 13.6. The Balaban J connectivity index is 2.47. The highest BCUT2D eigenvalue weighted by Gasteiger charge is 2.17. The molecule has 5 heteroatoms. The Morgan fingerprint density at radius 2 is 2.20 bits per heavy atom. The lowest BCUT2D eigenvalue weighted by atomic mass is 10.1. The maximum Gasteiger partial charge on any atom is 0.111 e. The second-order valence-electron chi connectivity index (χ2n) is 5.19. The highest BCUT2D eigenvalue weighted by Crippen LogP contribution is 2.26. The first kappa shape index (κ1) is 15.5. The fourth-order valence-corrected chi connectivity index (χ4v) is 3.41. The average Bonchev–Trinajstić information content (AvgIpc) is 2.76. The number of aromatic nitrogens is 2. The molecule has 1 heterocycles. The maximum absolute atomic E-state index is 11.3. The molecule has 0 aliphatic heterocycles. The van der Waals surface area contributed by atoms with Gasteiger partial charge in [0.25, 0.3) is 0 Å². The van der Waals surface area contributed by atoms with Crippen molar-refractivity contribution >= 4 is 33.4 Å². The van der Waals surface area contributed by atoms with Gasteiger partial charge in [0.2, 0.25) is 0 Å². The van der Waals surface area contributed by atoms with Crippen molar-refractivity contribution in [3.63, 3.8) is 0 Å². The minimum Gasteiger partial charge on any atom is -0.325 e. The molecule has 0 radical (unpaired) electrons. The topological polar surface area (TPSA) is 34.9 Å². The third-order valence-corrected chi connectivity index (χ3v) is 4.57. The number of hydrogen-bond donors (Lipinski definition) is 0. The molecule has 0 aliphatic carbocycles. The van der Waals surface area contributed by atoms with E-state index in [0.29, 0.717) is 11.6 Å². The molecule has 0 fully saturated rings. The van der Waals surface area contributed by atoms with E-state index in [9.17, 15) is 4.21 Å². The summed E-state index contributed by atoms with van der Waals surface area (Å²) in [4.78, 5) is 4.71. The monoisotopic (exact) mass is 312 g/mol. The third kappa shape index (κ3) is 3.23. The quantitative estimate of drug-likeness (QED) is 0.766. The molecule has 110 valence electrons. The lowest BCUT2D eigenvalue weighted by molar-refractivity contribution is 0.525. The van der Waals surface area contributed by atoms with Gasteiger partial charge in [0.15, 0.2) is 0 Å². The number of nitrogens with zero attached hydrogens (tertiary/aromatic N) is 2. The summed E-state index contributed by atoms with van der Waals surface area (Å²) in [6, 6.07) is 6.46. The summed E-state index contributed by atoms with van der Waals surface area (Å²) in [6.45, 7) is 4.27. The van der Waals surface area contributed by atoms with Crippen LogP contribution in [0.1, 0.15) is 30.8 Å².